The van der Waals surface area contributed by atoms with Gasteiger partial charge in [0.05, 0.1) is 0 Å². The van der Waals surface area contributed by atoms with E-state index in [1.165, 1.54) is 4.90 Å². The molecule has 0 aliphatic carbocycles. The molecule has 1 aliphatic rings. The highest BCUT2D eigenvalue weighted by Gasteiger charge is 2.20. The van der Waals surface area contributed by atoms with Crippen LogP contribution in [0.15, 0.2) is 48.8 Å². The normalized spacial score (nSPS) is 14.7. The van der Waals surface area contributed by atoms with Gasteiger partial charge in [-0.15, -0.1) is 0 Å². The third-order valence-electron chi connectivity index (χ3n) is 3.33. The van der Waals surface area contributed by atoms with Gasteiger partial charge in [0.2, 0.25) is 5.91 Å². The average molecular weight is 284 g/mol. The SMILES string of the molecule is O=C1CN(C(=O)Nc2cccc(-n3cccc3)c2)CCN1. The van der Waals surface area contributed by atoms with Crippen LogP contribution >= 0.6 is 0 Å². The van der Waals surface area contributed by atoms with Crippen molar-refractivity contribution in [2.75, 3.05) is 25.0 Å². The number of nitrogens with zero attached hydrogens (tertiary/aromatic N) is 2. The summed E-state index contributed by atoms with van der Waals surface area (Å²) in [6.07, 6.45) is 3.88. The highest BCUT2D eigenvalue weighted by molar-refractivity contribution is 5.93. The molecule has 21 heavy (non-hydrogen) atoms. The molecule has 2 aromatic rings. The molecule has 1 aromatic carbocycles. The van der Waals surface area contributed by atoms with Crippen LogP contribution in [0.1, 0.15) is 0 Å². The number of aromatic nitrogens is 1. The van der Waals surface area contributed by atoms with Crippen LogP contribution in [0, 0.1) is 0 Å². The van der Waals surface area contributed by atoms with Crippen molar-refractivity contribution in [2.45, 2.75) is 0 Å². The van der Waals surface area contributed by atoms with Crippen LogP contribution in [0.25, 0.3) is 5.69 Å². The van der Waals surface area contributed by atoms with Gasteiger partial charge >= 0.3 is 6.03 Å². The Morgan fingerprint density at radius 1 is 1.19 bits per heavy atom. The fourth-order valence-corrected chi connectivity index (χ4v) is 2.27. The third-order valence-corrected chi connectivity index (χ3v) is 3.33. The Morgan fingerprint density at radius 3 is 2.76 bits per heavy atom. The van der Waals surface area contributed by atoms with Crippen LogP contribution in [0.5, 0.6) is 0 Å². The van der Waals surface area contributed by atoms with Gasteiger partial charge < -0.3 is 20.1 Å². The number of hydrogen-bond acceptors (Lipinski definition) is 2. The third kappa shape index (κ3) is 3.05. The second-order valence-electron chi connectivity index (χ2n) is 4.84. The van der Waals surface area contributed by atoms with E-state index in [0.29, 0.717) is 18.8 Å². The topological polar surface area (TPSA) is 66.4 Å². The van der Waals surface area contributed by atoms with Gasteiger partial charge in [-0.2, -0.15) is 0 Å². The van der Waals surface area contributed by atoms with E-state index in [4.69, 9.17) is 0 Å². The summed E-state index contributed by atoms with van der Waals surface area (Å²) in [5, 5.41) is 5.52. The lowest BCUT2D eigenvalue weighted by molar-refractivity contribution is -0.123. The predicted molar refractivity (Wildman–Crippen MR) is 79.4 cm³/mol. The number of piperazine rings is 1. The molecular weight excluding hydrogens is 268 g/mol. The van der Waals surface area contributed by atoms with Gasteiger partial charge in [0, 0.05) is 36.9 Å². The maximum Gasteiger partial charge on any atom is 0.322 e. The Labute approximate surface area is 122 Å². The van der Waals surface area contributed by atoms with Crippen molar-refractivity contribution in [3.05, 3.63) is 48.8 Å². The number of benzene rings is 1. The van der Waals surface area contributed by atoms with Gasteiger partial charge in [0.1, 0.15) is 6.54 Å². The van der Waals surface area contributed by atoms with Gasteiger partial charge in [-0.1, -0.05) is 6.07 Å². The second kappa shape index (κ2) is 5.70. The van der Waals surface area contributed by atoms with E-state index in [-0.39, 0.29) is 18.5 Å². The van der Waals surface area contributed by atoms with E-state index in [1.807, 2.05) is 53.4 Å². The van der Waals surface area contributed by atoms with Crippen molar-refractivity contribution in [3.8, 4) is 5.69 Å². The van der Waals surface area contributed by atoms with Crippen LogP contribution in [-0.4, -0.2) is 41.0 Å². The molecule has 3 rings (SSSR count). The van der Waals surface area contributed by atoms with E-state index in [9.17, 15) is 9.59 Å². The number of anilines is 1. The summed E-state index contributed by atoms with van der Waals surface area (Å²) < 4.78 is 1.96. The molecule has 0 spiro atoms. The smallest absolute Gasteiger partial charge is 0.322 e. The Hall–Kier alpha value is -2.76. The van der Waals surface area contributed by atoms with E-state index in [1.54, 1.807) is 0 Å². The lowest BCUT2D eigenvalue weighted by atomic mass is 10.2. The van der Waals surface area contributed by atoms with Gasteiger partial charge in [-0.3, -0.25) is 4.79 Å². The lowest BCUT2D eigenvalue weighted by Gasteiger charge is -2.26. The summed E-state index contributed by atoms with van der Waals surface area (Å²) in [5.41, 5.74) is 1.67. The summed E-state index contributed by atoms with van der Waals surface area (Å²) in [7, 11) is 0. The van der Waals surface area contributed by atoms with E-state index < -0.39 is 0 Å². The van der Waals surface area contributed by atoms with Crippen LogP contribution < -0.4 is 10.6 Å². The number of amides is 3. The van der Waals surface area contributed by atoms with Crippen molar-refractivity contribution in [1.29, 1.82) is 0 Å². The zero-order chi connectivity index (χ0) is 14.7. The van der Waals surface area contributed by atoms with Crippen molar-refractivity contribution in [1.82, 2.24) is 14.8 Å². The van der Waals surface area contributed by atoms with Gasteiger partial charge in [0.25, 0.3) is 0 Å². The molecule has 6 heteroatoms. The fourth-order valence-electron chi connectivity index (χ4n) is 2.27. The maximum atomic E-state index is 12.1. The molecule has 3 amide bonds. The van der Waals surface area contributed by atoms with Crippen molar-refractivity contribution >= 4 is 17.6 Å². The Balaban J connectivity index is 1.71. The van der Waals surface area contributed by atoms with E-state index >= 15 is 0 Å². The predicted octanol–water partition coefficient (Wildman–Crippen LogP) is 1.44. The summed E-state index contributed by atoms with van der Waals surface area (Å²) >= 11 is 0. The average Bonchev–Trinajstić information content (AvgIpc) is 3.02. The zero-order valence-electron chi connectivity index (χ0n) is 11.5. The first-order chi connectivity index (χ1) is 10.2. The Morgan fingerprint density at radius 2 is 2.00 bits per heavy atom. The minimum absolute atomic E-state index is 0.100. The summed E-state index contributed by atoms with van der Waals surface area (Å²) in [4.78, 5) is 24.9. The molecule has 0 unspecified atom stereocenters. The zero-order valence-corrected chi connectivity index (χ0v) is 11.5. The fraction of sp³-hybridized carbons (Fsp3) is 0.200. The molecule has 0 atom stereocenters. The number of rotatable bonds is 2. The number of urea groups is 1. The summed E-state index contributed by atoms with van der Waals surface area (Å²) in [5.74, 6) is -0.127. The first kappa shape index (κ1) is 13.2. The molecular formula is C15H16N4O2. The quantitative estimate of drug-likeness (QED) is 0.876. The van der Waals surface area contributed by atoms with Crippen molar-refractivity contribution in [2.24, 2.45) is 0 Å². The van der Waals surface area contributed by atoms with Gasteiger partial charge in [0.15, 0.2) is 0 Å². The number of carbonyl (C=O) groups is 2. The first-order valence-corrected chi connectivity index (χ1v) is 6.78. The van der Waals surface area contributed by atoms with E-state index in [0.717, 1.165) is 5.69 Å². The Bertz CT molecular complexity index is 651. The van der Waals surface area contributed by atoms with Crippen LogP contribution in [-0.2, 0) is 4.79 Å². The summed E-state index contributed by atoms with van der Waals surface area (Å²) in [6.45, 7) is 1.12. The van der Waals surface area contributed by atoms with Gasteiger partial charge in [-0.25, -0.2) is 4.79 Å². The highest BCUT2D eigenvalue weighted by Crippen LogP contribution is 2.15. The van der Waals surface area contributed by atoms with Crippen LogP contribution in [0.3, 0.4) is 0 Å². The largest absolute Gasteiger partial charge is 0.353 e. The number of nitrogens with one attached hydrogen (secondary N) is 2. The molecule has 1 aliphatic heterocycles. The number of hydrogen-bond donors (Lipinski definition) is 2. The molecule has 1 fully saturated rings. The van der Waals surface area contributed by atoms with Crippen LogP contribution in [0.4, 0.5) is 10.5 Å². The maximum absolute atomic E-state index is 12.1. The van der Waals surface area contributed by atoms with Gasteiger partial charge in [-0.05, 0) is 30.3 Å². The first-order valence-electron chi connectivity index (χ1n) is 6.78. The molecule has 1 saturated heterocycles. The lowest BCUT2D eigenvalue weighted by Crippen LogP contribution is -2.51. The summed E-state index contributed by atoms with van der Waals surface area (Å²) in [6, 6.07) is 11.2. The highest BCUT2D eigenvalue weighted by atomic mass is 16.2. The minimum Gasteiger partial charge on any atom is -0.353 e. The monoisotopic (exact) mass is 284 g/mol. The molecule has 0 saturated carbocycles. The molecule has 6 nitrogen and oxygen atoms in total. The Kier molecular flexibility index (Phi) is 3.59. The molecule has 108 valence electrons. The second-order valence-corrected chi connectivity index (χ2v) is 4.84. The van der Waals surface area contributed by atoms with Crippen LogP contribution in [0.2, 0.25) is 0 Å². The standard InChI is InChI=1S/C15H16N4O2/c20-14-11-19(9-6-16-14)15(21)17-12-4-3-5-13(10-12)18-7-1-2-8-18/h1-5,7-8,10H,6,9,11H2,(H,16,20)(H,17,21). The molecule has 1 aromatic heterocycles. The van der Waals surface area contributed by atoms with E-state index in [2.05, 4.69) is 10.6 Å². The molecule has 0 radical (unpaired) electrons. The molecule has 0 bridgehead atoms. The molecule has 2 N–H and O–H groups in total. The molecule has 2 heterocycles. The number of carbonyl (C=O) groups excluding carboxylic acids is 2. The van der Waals surface area contributed by atoms with Crippen molar-refractivity contribution < 1.29 is 9.59 Å². The minimum atomic E-state index is -0.255. The van der Waals surface area contributed by atoms with Crippen molar-refractivity contribution in [3.63, 3.8) is 0 Å².